The number of fused-ring (bicyclic) bond motifs is 1. The molecular formula is C24H28F2N4O3. The van der Waals surface area contributed by atoms with E-state index in [-0.39, 0.29) is 12.0 Å². The maximum atomic E-state index is 13.8. The van der Waals surface area contributed by atoms with Crippen LogP contribution in [-0.4, -0.2) is 52.2 Å². The Hall–Kier alpha value is -3.49. The molecule has 0 N–H and O–H groups in total. The second kappa shape index (κ2) is 9.17. The van der Waals surface area contributed by atoms with Crippen LogP contribution in [0.2, 0.25) is 0 Å². The molecule has 1 aromatic heterocycles. The van der Waals surface area contributed by atoms with Crippen molar-refractivity contribution in [3.63, 3.8) is 0 Å². The van der Waals surface area contributed by atoms with Gasteiger partial charge in [0.15, 0.2) is 0 Å². The first-order valence-corrected chi connectivity index (χ1v) is 10.4. The van der Waals surface area contributed by atoms with Crippen molar-refractivity contribution in [1.82, 2.24) is 14.5 Å². The van der Waals surface area contributed by atoms with E-state index in [2.05, 4.69) is 4.98 Å². The molecule has 2 aromatic carbocycles. The van der Waals surface area contributed by atoms with Crippen molar-refractivity contribution >= 4 is 28.7 Å². The highest BCUT2D eigenvalue weighted by Crippen LogP contribution is 2.23. The lowest BCUT2D eigenvalue weighted by Crippen LogP contribution is -2.50. The van der Waals surface area contributed by atoms with Gasteiger partial charge in [0, 0.05) is 39.3 Å². The molecule has 0 aliphatic heterocycles. The summed E-state index contributed by atoms with van der Waals surface area (Å²) >= 11 is 0. The Balaban J connectivity index is 1.94. The van der Waals surface area contributed by atoms with Crippen LogP contribution < -0.4 is 4.90 Å². The number of imidazole rings is 1. The number of hydrogen-bond acceptors (Lipinski definition) is 4. The zero-order valence-electron chi connectivity index (χ0n) is 19.6. The maximum absolute atomic E-state index is 13.8. The SMILES string of the molecule is CN(C(=O)C(Cc1cc(F)cc(F)c1)N(C)C(=O)OC(C)(C)C)c1ccc2c(c1)ncn2C. The van der Waals surface area contributed by atoms with Crippen LogP contribution in [0.4, 0.5) is 19.3 Å². The number of ether oxygens (including phenoxy) is 1. The van der Waals surface area contributed by atoms with Crippen molar-refractivity contribution in [3.8, 4) is 0 Å². The van der Waals surface area contributed by atoms with E-state index in [1.807, 2.05) is 17.7 Å². The van der Waals surface area contributed by atoms with Gasteiger partial charge in [0.05, 0.1) is 17.4 Å². The van der Waals surface area contributed by atoms with Gasteiger partial charge in [-0.05, 0) is 56.7 Å². The van der Waals surface area contributed by atoms with E-state index in [4.69, 9.17) is 4.74 Å². The molecule has 176 valence electrons. The molecular weight excluding hydrogens is 430 g/mol. The minimum atomic E-state index is -1.06. The molecule has 0 aliphatic carbocycles. The fourth-order valence-corrected chi connectivity index (χ4v) is 3.49. The van der Waals surface area contributed by atoms with Crippen molar-refractivity contribution in [2.75, 3.05) is 19.0 Å². The highest BCUT2D eigenvalue weighted by Gasteiger charge is 2.33. The summed E-state index contributed by atoms with van der Waals surface area (Å²) in [4.78, 5) is 33.1. The molecule has 9 heteroatoms. The summed E-state index contributed by atoms with van der Waals surface area (Å²) in [6, 6.07) is 7.36. The molecule has 2 amide bonds. The predicted molar refractivity (Wildman–Crippen MR) is 122 cm³/mol. The summed E-state index contributed by atoms with van der Waals surface area (Å²) in [5.74, 6) is -1.96. The standard InChI is InChI=1S/C24H28F2N4O3/c1-24(2,3)33-23(32)30(6)21(11-15-9-16(25)12-17(26)10-15)22(31)29(5)18-7-8-20-19(13-18)27-14-28(20)4/h7-10,12-14,21H,11H2,1-6H3. The van der Waals surface area contributed by atoms with Gasteiger partial charge < -0.3 is 14.2 Å². The largest absolute Gasteiger partial charge is 0.444 e. The number of nitrogens with zero attached hydrogens (tertiary/aromatic N) is 4. The molecule has 33 heavy (non-hydrogen) atoms. The fourth-order valence-electron chi connectivity index (χ4n) is 3.49. The number of anilines is 1. The third-order valence-corrected chi connectivity index (χ3v) is 5.21. The number of amides is 2. The number of hydrogen-bond donors (Lipinski definition) is 0. The van der Waals surface area contributed by atoms with Crippen molar-refractivity contribution in [1.29, 1.82) is 0 Å². The van der Waals surface area contributed by atoms with Crippen LogP contribution in [0.1, 0.15) is 26.3 Å². The molecule has 0 saturated heterocycles. The maximum Gasteiger partial charge on any atom is 0.410 e. The normalized spacial score (nSPS) is 12.5. The first kappa shape index (κ1) is 24.2. The number of aromatic nitrogens is 2. The molecule has 0 radical (unpaired) electrons. The van der Waals surface area contributed by atoms with Crippen LogP contribution in [-0.2, 0) is 23.0 Å². The highest BCUT2D eigenvalue weighted by molar-refractivity contribution is 5.99. The van der Waals surface area contributed by atoms with Gasteiger partial charge in [-0.1, -0.05) is 0 Å². The van der Waals surface area contributed by atoms with Crippen LogP contribution in [0, 0.1) is 11.6 Å². The zero-order chi connectivity index (χ0) is 24.5. The van der Waals surface area contributed by atoms with Crippen molar-refractivity contribution < 1.29 is 23.1 Å². The van der Waals surface area contributed by atoms with E-state index in [1.165, 1.54) is 11.9 Å². The number of halogens is 2. The minimum Gasteiger partial charge on any atom is -0.444 e. The van der Waals surface area contributed by atoms with Crippen LogP contribution in [0.25, 0.3) is 11.0 Å². The number of benzene rings is 2. The van der Waals surface area contributed by atoms with E-state index in [0.29, 0.717) is 11.2 Å². The van der Waals surface area contributed by atoms with Gasteiger partial charge in [0.1, 0.15) is 23.3 Å². The summed E-state index contributed by atoms with van der Waals surface area (Å²) in [5, 5.41) is 0. The molecule has 0 bridgehead atoms. The summed E-state index contributed by atoms with van der Waals surface area (Å²) in [6.07, 6.45) is 0.860. The molecule has 1 unspecified atom stereocenters. The van der Waals surface area contributed by atoms with Crippen molar-refractivity contribution in [3.05, 3.63) is 59.9 Å². The molecule has 0 fully saturated rings. The van der Waals surface area contributed by atoms with Gasteiger partial charge in [0.2, 0.25) is 5.91 Å². The third-order valence-electron chi connectivity index (χ3n) is 5.21. The van der Waals surface area contributed by atoms with Crippen molar-refractivity contribution in [2.45, 2.75) is 38.8 Å². The van der Waals surface area contributed by atoms with E-state index in [0.717, 1.165) is 28.6 Å². The van der Waals surface area contributed by atoms with Gasteiger partial charge in [0.25, 0.3) is 0 Å². The van der Waals surface area contributed by atoms with Crippen LogP contribution in [0.15, 0.2) is 42.7 Å². The smallest absolute Gasteiger partial charge is 0.410 e. The second-order valence-electron chi connectivity index (χ2n) is 9.01. The van der Waals surface area contributed by atoms with Crippen molar-refractivity contribution in [2.24, 2.45) is 7.05 Å². The van der Waals surface area contributed by atoms with Crippen LogP contribution in [0.5, 0.6) is 0 Å². The number of rotatable bonds is 5. The lowest BCUT2D eigenvalue weighted by atomic mass is 10.0. The van der Waals surface area contributed by atoms with Crippen LogP contribution in [0.3, 0.4) is 0 Å². The average Bonchev–Trinajstić information content (AvgIpc) is 3.08. The Bertz CT molecular complexity index is 1170. The number of likely N-dealkylation sites (N-methyl/N-ethyl adjacent to an activating group) is 2. The molecule has 3 aromatic rings. The van der Waals surface area contributed by atoms with Crippen LogP contribution >= 0.6 is 0 Å². The van der Waals surface area contributed by atoms with Gasteiger partial charge in [-0.3, -0.25) is 9.69 Å². The Morgan fingerprint density at radius 3 is 2.33 bits per heavy atom. The zero-order valence-corrected chi connectivity index (χ0v) is 19.6. The lowest BCUT2D eigenvalue weighted by molar-refractivity contribution is -0.123. The minimum absolute atomic E-state index is 0.0978. The van der Waals surface area contributed by atoms with E-state index >= 15 is 0 Å². The lowest BCUT2D eigenvalue weighted by Gasteiger charge is -2.32. The summed E-state index contributed by atoms with van der Waals surface area (Å²) in [6.45, 7) is 5.14. The monoisotopic (exact) mass is 458 g/mol. The molecule has 0 aliphatic rings. The topological polar surface area (TPSA) is 67.7 Å². The number of carbonyl (C=O) groups excluding carboxylic acids is 2. The molecule has 0 saturated carbocycles. The quantitative estimate of drug-likeness (QED) is 0.572. The predicted octanol–water partition coefficient (Wildman–Crippen LogP) is 4.29. The third kappa shape index (κ3) is 5.66. The Labute approximate surface area is 191 Å². The number of aryl methyl sites for hydroxylation is 1. The van der Waals surface area contributed by atoms with E-state index in [1.54, 1.807) is 46.3 Å². The molecule has 1 heterocycles. The van der Waals surface area contributed by atoms with Gasteiger partial charge in [-0.25, -0.2) is 18.6 Å². The first-order chi connectivity index (χ1) is 15.4. The summed E-state index contributed by atoms with van der Waals surface area (Å²) < 4.78 is 34.8. The van der Waals surface area contributed by atoms with Gasteiger partial charge in [-0.15, -0.1) is 0 Å². The number of carbonyl (C=O) groups is 2. The van der Waals surface area contributed by atoms with Gasteiger partial charge >= 0.3 is 6.09 Å². The fraction of sp³-hybridized carbons (Fsp3) is 0.375. The molecule has 7 nitrogen and oxygen atoms in total. The second-order valence-corrected chi connectivity index (χ2v) is 9.01. The van der Waals surface area contributed by atoms with E-state index in [9.17, 15) is 18.4 Å². The Morgan fingerprint density at radius 2 is 1.73 bits per heavy atom. The molecule has 0 spiro atoms. The van der Waals surface area contributed by atoms with Gasteiger partial charge in [-0.2, -0.15) is 0 Å². The summed E-state index contributed by atoms with van der Waals surface area (Å²) in [7, 11) is 4.88. The van der Waals surface area contributed by atoms with E-state index < -0.39 is 35.3 Å². The summed E-state index contributed by atoms with van der Waals surface area (Å²) in [5.41, 5.74) is 1.64. The Morgan fingerprint density at radius 1 is 1.09 bits per heavy atom. The molecule has 3 rings (SSSR count). The Kier molecular flexibility index (Phi) is 6.71. The highest BCUT2D eigenvalue weighted by atomic mass is 19.1. The first-order valence-electron chi connectivity index (χ1n) is 10.4. The molecule has 1 atom stereocenters. The average molecular weight is 459 g/mol.